The standard InChI is InChI=1S/C13H18N2O4/c1-18-10-4-7-14-9(11(10)19-2)8-13(12(16)17)5-3-6-15-13/h4,7,15H,3,5-6,8H2,1-2H3,(H,16,17). The molecule has 0 radical (unpaired) electrons. The lowest BCUT2D eigenvalue weighted by atomic mass is 9.91. The van der Waals surface area contributed by atoms with Gasteiger partial charge in [0.1, 0.15) is 5.54 Å². The van der Waals surface area contributed by atoms with Gasteiger partial charge in [-0.05, 0) is 19.4 Å². The van der Waals surface area contributed by atoms with E-state index in [4.69, 9.17) is 9.47 Å². The molecule has 1 fully saturated rings. The number of carboxylic acids is 1. The fraction of sp³-hybridized carbons (Fsp3) is 0.538. The van der Waals surface area contributed by atoms with Gasteiger partial charge in [0, 0.05) is 18.7 Å². The summed E-state index contributed by atoms with van der Waals surface area (Å²) < 4.78 is 10.5. The molecule has 0 aromatic carbocycles. The molecule has 0 spiro atoms. The smallest absolute Gasteiger partial charge is 0.324 e. The van der Waals surface area contributed by atoms with Crippen molar-refractivity contribution in [2.45, 2.75) is 24.8 Å². The van der Waals surface area contributed by atoms with Gasteiger partial charge in [0.25, 0.3) is 0 Å². The van der Waals surface area contributed by atoms with Crippen LogP contribution in [0, 0.1) is 0 Å². The van der Waals surface area contributed by atoms with Gasteiger partial charge in [-0.2, -0.15) is 0 Å². The highest BCUT2D eigenvalue weighted by molar-refractivity contribution is 5.79. The van der Waals surface area contributed by atoms with Gasteiger partial charge in [0.15, 0.2) is 11.5 Å². The van der Waals surface area contributed by atoms with Crippen molar-refractivity contribution in [2.75, 3.05) is 20.8 Å². The number of aromatic nitrogens is 1. The Bertz CT molecular complexity index is 470. The molecule has 2 N–H and O–H groups in total. The van der Waals surface area contributed by atoms with E-state index in [1.807, 2.05) is 0 Å². The number of nitrogens with zero attached hydrogens (tertiary/aromatic N) is 1. The molecule has 1 aliphatic heterocycles. The summed E-state index contributed by atoms with van der Waals surface area (Å²) in [6.07, 6.45) is 3.31. The van der Waals surface area contributed by atoms with Crippen molar-refractivity contribution in [3.8, 4) is 11.5 Å². The highest BCUT2D eigenvalue weighted by atomic mass is 16.5. The highest BCUT2D eigenvalue weighted by Crippen LogP contribution is 2.33. The number of hydrogen-bond acceptors (Lipinski definition) is 5. The Morgan fingerprint density at radius 1 is 1.53 bits per heavy atom. The van der Waals surface area contributed by atoms with Crippen LogP contribution in [-0.4, -0.2) is 42.4 Å². The predicted molar refractivity (Wildman–Crippen MR) is 68.6 cm³/mol. The third-order valence-corrected chi connectivity index (χ3v) is 3.49. The first-order valence-electron chi connectivity index (χ1n) is 6.17. The summed E-state index contributed by atoms with van der Waals surface area (Å²) in [6.45, 7) is 0.707. The summed E-state index contributed by atoms with van der Waals surface area (Å²) >= 11 is 0. The van der Waals surface area contributed by atoms with E-state index < -0.39 is 11.5 Å². The maximum absolute atomic E-state index is 11.5. The quantitative estimate of drug-likeness (QED) is 0.822. The van der Waals surface area contributed by atoms with Gasteiger partial charge in [0.05, 0.1) is 19.9 Å². The molecule has 1 aliphatic rings. The number of methoxy groups -OCH3 is 2. The Morgan fingerprint density at radius 2 is 2.32 bits per heavy atom. The topological polar surface area (TPSA) is 80.7 Å². The molecule has 2 heterocycles. The summed E-state index contributed by atoms with van der Waals surface area (Å²) in [7, 11) is 3.07. The van der Waals surface area contributed by atoms with Crippen LogP contribution in [0.1, 0.15) is 18.5 Å². The van der Waals surface area contributed by atoms with Gasteiger partial charge in [-0.1, -0.05) is 0 Å². The monoisotopic (exact) mass is 266 g/mol. The second kappa shape index (κ2) is 5.44. The van der Waals surface area contributed by atoms with Crippen LogP contribution >= 0.6 is 0 Å². The van der Waals surface area contributed by atoms with Crippen molar-refractivity contribution < 1.29 is 19.4 Å². The fourth-order valence-electron chi connectivity index (χ4n) is 2.48. The minimum Gasteiger partial charge on any atom is -0.493 e. The third kappa shape index (κ3) is 2.49. The Kier molecular flexibility index (Phi) is 3.90. The fourth-order valence-corrected chi connectivity index (χ4v) is 2.48. The van der Waals surface area contributed by atoms with Crippen LogP contribution in [0.4, 0.5) is 0 Å². The molecule has 0 bridgehead atoms. The van der Waals surface area contributed by atoms with Crippen molar-refractivity contribution in [2.24, 2.45) is 0 Å². The lowest BCUT2D eigenvalue weighted by Gasteiger charge is -2.25. The Balaban J connectivity index is 2.34. The van der Waals surface area contributed by atoms with Gasteiger partial charge in [-0.25, -0.2) is 0 Å². The van der Waals surface area contributed by atoms with Gasteiger partial charge < -0.3 is 19.9 Å². The van der Waals surface area contributed by atoms with E-state index in [0.29, 0.717) is 30.2 Å². The number of rotatable bonds is 5. The molecule has 1 unspecified atom stereocenters. The Hall–Kier alpha value is -1.82. The molecule has 6 nitrogen and oxygen atoms in total. The van der Waals surface area contributed by atoms with Crippen molar-refractivity contribution in [3.63, 3.8) is 0 Å². The zero-order valence-electron chi connectivity index (χ0n) is 11.1. The second-order valence-corrected chi connectivity index (χ2v) is 4.59. The number of aliphatic carboxylic acids is 1. The molecule has 0 amide bonds. The lowest BCUT2D eigenvalue weighted by Crippen LogP contribution is -2.49. The molecular weight excluding hydrogens is 248 g/mol. The zero-order valence-corrected chi connectivity index (χ0v) is 11.1. The number of carbonyl (C=O) groups is 1. The summed E-state index contributed by atoms with van der Waals surface area (Å²) in [5.41, 5.74) is -0.356. The van der Waals surface area contributed by atoms with Crippen molar-refractivity contribution >= 4 is 5.97 Å². The van der Waals surface area contributed by atoms with E-state index in [9.17, 15) is 9.90 Å². The van der Waals surface area contributed by atoms with Crippen molar-refractivity contribution in [3.05, 3.63) is 18.0 Å². The number of hydrogen-bond donors (Lipinski definition) is 2. The van der Waals surface area contributed by atoms with Gasteiger partial charge in [0.2, 0.25) is 0 Å². The molecule has 1 aromatic heterocycles. The maximum Gasteiger partial charge on any atom is 0.324 e. The first kappa shape index (κ1) is 13.6. The van der Waals surface area contributed by atoms with Crippen LogP contribution in [0.3, 0.4) is 0 Å². The van der Waals surface area contributed by atoms with Crippen LogP contribution in [-0.2, 0) is 11.2 Å². The van der Waals surface area contributed by atoms with Crippen molar-refractivity contribution in [1.82, 2.24) is 10.3 Å². The van der Waals surface area contributed by atoms with E-state index in [1.54, 1.807) is 19.4 Å². The van der Waals surface area contributed by atoms with Gasteiger partial charge >= 0.3 is 5.97 Å². The number of ether oxygens (including phenoxy) is 2. The third-order valence-electron chi connectivity index (χ3n) is 3.49. The SMILES string of the molecule is COc1ccnc(CC2(C(=O)O)CCCN2)c1OC. The molecule has 104 valence electrons. The minimum atomic E-state index is -0.952. The normalized spacial score (nSPS) is 22.2. The molecule has 2 rings (SSSR count). The maximum atomic E-state index is 11.5. The molecule has 1 atom stereocenters. The van der Waals surface area contributed by atoms with E-state index in [-0.39, 0.29) is 6.42 Å². The van der Waals surface area contributed by atoms with E-state index in [0.717, 1.165) is 6.42 Å². The van der Waals surface area contributed by atoms with Crippen LogP contribution in [0.5, 0.6) is 11.5 Å². The number of pyridine rings is 1. The highest BCUT2D eigenvalue weighted by Gasteiger charge is 2.42. The zero-order chi connectivity index (χ0) is 13.9. The average Bonchev–Trinajstić information content (AvgIpc) is 2.88. The van der Waals surface area contributed by atoms with Gasteiger partial charge in [-0.3, -0.25) is 9.78 Å². The largest absolute Gasteiger partial charge is 0.493 e. The van der Waals surface area contributed by atoms with E-state index >= 15 is 0 Å². The van der Waals surface area contributed by atoms with Crippen LogP contribution in [0.15, 0.2) is 12.3 Å². The summed E-state index contributed by atoms with van der Waals surface area (Å²) in [4.78, 5) is 15.8. The molecule has 1 aromatic rings. The first-order valence-corrected chi connectivity index (χ1v) is 6.17. The minimum absolute atomic E-state index is 0.280. The summed E-state index contributed by atoms with van der Waals surface area (Å²) in [5.74, 6) is 0.210. The summed E-state index contributed by atoms with van der Waals surface area (Å²) in [5, 5.41) is 12.5. The lowest BCUT2D eigenvalue weighted by molar-refractivity contribution is -0.144. The molecule has 1 saturated heterocycles. The van der Waals surface area contributed by atoms with Gasteiger partial charge in [-0.15, -0.1) is 0 Å². The number of nitrogens with one attached hydrogen (secondary N) is 1. The van der Waals surface area contributed by atoms with Crippen molar-refractivity contribution in [1.29, 1.82) is 0 Å². The number of carboxylic acid groups (broad SMARTS) is 1. The van der Waals surface area contributed by atoms with E-state index in [1.165, 1.54) is 7.11 Å². The molecule has 0 saturated carbocycles. The Labute approximate surface area is 111 Å². The Morgan fingerprint density at radius 3 is 2.84 bits per heavy atom. The molecule has 6 heteroatoms. The average molecular weight is 266 g/mol. The summed E-state index contributed by atoms with van der Waals surface area (Å²) in [6, 6.07) is 1.69. The van der Waals surface area contributed by atoms with Crippen LogP contribution in [0.2, 0.25) is 0 Å². The first-order chi connectivity index (χ1) is 9.13. The molecular formula is C13H18N2O4. The predicted octanol–water partition coefficient (Wildman–Crippen LogP) is 0.848. The van der Waals surface area contributed by atoms with Crippen LogP contribution in [0.25, 0.3) is 0 Å². The molecule has 0 aliphatic carbocycles. The molecule has 19 heavy (non-hydrogen) atoms. The van der Waals surface area contributed by atoms with Crippen LogP contribution < -0.4 is 14.8 Å². The van der Waals surface area contributed by atoms with E-state index in [2.05, 4.69) is 10.3 Å². The second-order valence-electron chi connectivity index (χ2n) is 4.59.